The Balaban J connectivity index is 1.53. The standard InChI is InChI=1S/C24H25N3O3/c1-30-23(28)21(12-15-5-2-6-16(11-15)14-25)26-24(29)27-22-19-9-3-7-17(19)13-18-8-4-10-20(18)22/h2,5-6,11,13,21H,3-4,7-10,12H2,1H3,(H2,26,27,29)/t21-/m1/s1. The summed E-state index contributed by atoms with van der Waals surface area (Å²) >= 11 is 0. The molecule has 154 valence electrons. The highest BCUT2D eigenvalue weighted by atomic mass is 16.5. The van der Waals surface area contributed by atoms with E-state index in [1.54, 1.807) is 18.2 Å². The van der Waals surface area contributed by atoms with Crippen molar-refractivity contribution in [2.45, 2.75) is 51.0 Å². The van der Waals surface area contributed by atoms with Crippen LogP contribution in [0.25, 0.3) is 0 Å². The van der Waals surface area contributed by atoms with Gasteiger partial charge in [-0.2, -0.15) is 5.26 Å². The minimum absolute atomic E-state index is 0.251. The predicted molar refractivity (Wildman–Crippen MR) is 113 cm³/mol. The summed E-state index contributed by atoms with van der Waals surface area (Å²) < 4.78 is 4.89. The molecule has 4 rings (SSSR count). The molecule has 1 atom stereocenters. The minimum Gasteiger partial charge on any atom is -0.467 e. The summed E-state index contributed by atoms with van der Waals surface area (Å²) in [6.45, 7) is 0. The van der Waals surface area contributed by atoms with E-state index in [0.29, 0.717) is 5.56 Å². The van der Waals surface area contributed by atoms with E-state index in [1.807, 2.05) is 6.07 Å². The summed E-state index contributed by atoms with van der Waals surface area (Å²) in [7, 11) is 1.30. The maximum absolute atomic E-state index is 12.9. The van der Waals surface area contributed by atoms with Crippen LogP contribution in [0.4, 0.5) is 10.5 Å². The molecular weight excluding hydrogens is 378 g/mol. The number of nitrogens with zero attached hydrogens (tertiary/aromatic N) is 1. The lowest BCUT2D eigenvalue weighted by atomic mass is 9.99. The van der Waals surface area contributed by atoms with E-state index in [-0.39, 0.29) is 6.42 Å². The molecule has 2 aliphatic rings. The smallest absolute Gasteiger partial charge is 0.328 e. The lowest BCUT2D eigenvalue weighted by molar-refractivity contribution is -0.142. The van der Waals surface area contributed by atoms with Gasteiger partial charge in [-0.3, -0.25) is 0 Å². The number of ether oxygens (including phenoxy) is 1. The molecule has 0 radical (unpaired) electrons. The number of fused-ring (bicyclic) bond motifs is 2. The molecule has 0 fully saturated rings. The summed E-state index contributed by atoms with van der Waals surface area (Å²) in [4.78, 5) is 25.2. The van der Waals surface area contributed by atoms with Gasteiger partial charge in [-0.05, 0) is 78.5 Å². The van der Waals surface area contributed by atoms with Crippen LogP contribution >= 0.6 is 0 Å². The van der Waals surface area contributed by atoms with Gasteiger partial charge in [0.05, 0.1) is 18.7 Å². The third kappa shape index (κ3) is 4.02. The average Bonchev–Trinajstić information content (AvgIpc) is 3.42. The molecule has 2 aromatic rings. The first-order valence-corrected chi connectivity index (χ1v) is 10.4. The quantitative estimate of drug-likeness (QED) is 0.748. The summed E-state index contributed by atoms with van der Waals surface area (Å²) in [5.74, 6) is -0.518. The zero-order chi connectivity index (χ0) is 21.1. The molecular formula is C24H25N3O3. The molecule has 0 saturated carbocycles. The van der Waals surface area contributed by atoms with Crippen molar-refractivity contribution in [3.8, 4) is 6.07 Å². The third-order valence-corrected chi connectivity index (χ3v) is 6.00. The molecule has 0 bridgehead atoms. The number of amides is 2. The molecule has 0 saturated heterocycles. The van der Waals surface area contributed by atoms with Gasteiger partial charge < -0.3 is 15.4 Å². The number of nitriles is 1. The number of nitrogens with one attached hydrogen (secondary N) is 2. The minimum atomic E-state index is -0.839. The second-order valence-electron chi connectivity index (χ2n) is 7.92. The predicted octanol–water partition coefficient (Wildman–Crippen LogP) is 3.44. The molecule has 0 aliphatic heterocycles. The molecule has 0 aromatic heterocycles. The number of carbonyl (C=O) groups excluding carboxylic acids is 2. The Morgan fingerprint density at radius 1 is 1.10 bits per heavy atom. The molecule has 2 aromatic carbocycles. The number of benzene rings is 2. The lowest BCUT2D eigenvalue weighted by Crippen LogP contribution is -2.45. The van der Waals surface area contributed by atoms with Crippen LogP contribution < -0.4 is 10.6 Å². The van der Waals surface area contributed by atoms with Gasteiger partial charge in [-0.25, -0.2) is 9.59 Å². The van der Waals surface area contributed by atoms with Crippen molar-refractivity contribution < 1.29 is 14.3 Å². The maximum atomic E-state index is 12.9. The van der Waals surface area contributed by atoms with Crippen molar-refractivity contribution in [2.75, 3.05) is 12.4 Å². The fourth-order valence-electron chi connectivity index (χ4n) is 4.61. The second-order valence-corrected chi connectivity index (χ2v) is 7.92. The highest BCUT2D eigenvalue weighted by Crippen LogP contribution is 2.38. The van der Waals surface area contributed by atoms with E-state index in [1.165, 1.54) is 29.4 Å². The number of urea groups is 1. The first-order valence-electron chi connectivity index (χ1n) is 10.4. The van der Waals surface area contributed by atoms with Gasteiger partial charge >= 0.3 is 12.0 Å². The van der Waals surface area contributed by atoms with Gasteiger partial charge in [0.1, 0.15) is 6.04 Å². The topological polar surface area (TPSA) is 91.2 Å². The Morgan fingerprint density at radius 2 is 1.80 bits per heavy atom. The maximum Gasteiger partial charge on any atom is 0.328 e. The van der Waals surface area contributed by atoms with Crippen LogP contribution in [-0.4, -0.2) is 25.2 Å². The number of methoxy groups -OCH3 is 1. The van der Waals surface area contributed by atoms with Gasteiger partial charge in [0.2, 0.25) is 0 Å². The normalized spacial score (nSPS) is 14.9. The summed E-state index contributed by atoms with van der Waals surface area (Å²) in [5, 5.41) is 14.9. The van der Waals surface area contributed by atoms with Crippen LogP contribution in [0.3, 0.4) is 0 Å². The molecule has 0 heterocycles. The molecule has 6 heteroatoms. The molecule has 2 N–H and O–H groups in total. The number of anilines is 1. The highest BCUT2D eigenvalue weighted by Gasteiger charge is 2.27. The SMILES string of the molecule is COC(=O)[C@@H](Cc1cccc(C#N)c1)NC(=O)Nc1c2c(cc3c1CCC3)CCC2. The Morgan fingerprint density at radius 3 is 2.43 bits per heavy atom. The Kier molecular flexibility index (Phi) is 5.71. The van der Waals surface area contributed by atoms with Gasteiger partial charge in [-0.1, -0.05) is 18.2 Å². The molecule has 0 unspecified atom stereocenters. The average molecular weight is 403 g/mol. The van der Waals surface area contributed by atoms with Crippen LogP contribution in [0.1, 0.15) is 46.2 Å². The lowest BCUT2D eigenvalue weighted by Gasteiger charge is -2.20. The van der Waals surface area contributed by atoms with Crippen LogP contribution in [0.2, 0.25) is 0 Å². The molecule has 6 nitrogen and oxygen atoms in total. The third-order valence-electron chi connectivity index (χ3n) is 6.00. The fraction of sp³-hybridized carbons (Fsp3) is 0.375. The number of rotatable bonds is 5. The molecule has 2 aliphatic carbocycles. The van der Waals surface area contributed by atoms with Gasteiger partial charge in [-0.15, -0.1) is 0 Å². The van der Waals surface area contributed by atoms with Crippen LogP contribution in [0.5, 0.6) is 0 Å². The number of carbonyl (C=O) groups is 2. The van der Waals surface area contributed by atoms with Crippen molar-refractivity contribution in [3.63, 3.8) is 0 Å². The number of esters is 1. The molecule has 2 amide bonds. The Labute approximate surface area is 176 Å². The van der Waals surface area contributed by atoms with Crippen LogP contribution in [0.15, 0.2) is 30.3 Å². The van der Waals surface area contributed by atoms with E-state index < -0.39 is 18.0 Å². The Hall–Kier alpha value is -3.33. The van der Waals surface area contributed by atoms with E-state index >= 15 is 0 Å². The Bertz CT molecular complexity index is 1010. The largest absolute Gasteiger partial charge is 0.467 e. The van der Waals surface area contributed by atoms with Crippen molar-refractivity contribution in [1.82, 2.24) is 5.32 Å². The van der Waals surface area contributed by atoms with Crippen LogP contribution in [-0.2, 0) is 41.6 Å². The zero-order valence-electron chi connectivity index (χ0n) is 17.1. The number of hydrogen-bond donors (Lipinski definition) is 2. The summed E-state index contributed by atoms with van der Waals surface area (Å²) in [6, 6.07) is 10.2. The van der Waals surface area contributed by atoms with Gasteiger partial charge in [0.15, 0.2) is 0 Å². The highest BCUT2D eigenvalue weighted by molar-refractivity contribution is 5.94. The van der Waals surface area contributed by atoms with Gasteiger partial charge in [0, 0.05) is 12.1 Å². The second kappa shape index (κ2) is 8.58. The van der Waals surface area contributed by atoms with Crippen molar-refractivity contribution in [1.29, 1.82) is 5.26 Å². The fourth-order valence-corrected chi connectivity index (χ4v) is 4.61. The van der Waals surface area contributed by atoms with E-state index in [2.05, 4.69) is 22.8 Å². The van der Waals surface area contributed by atoms with Gasteiger partial charge in [0.25, 0.3) is 0 Å². The molecule has 0 spiro atoms. The van der Waals surface area contributed by atoms with E-state index in [4.69, 9.17) is 10.00 Å². The van der Waals surface area contributed by atoms with Crippen LogP contribution in [0, 0.1) is 11.3 Å². The van der Waals surface area contributed by atoms with Crippen molar-refractivity contribution in [2.24, 2.45) is 0 Å². The monoisotopic (exact) mass is 403 g/mol. The first-order chi connectivity index (χ1) is 14.6. The first kappa shape index (κ1) is 20.0. The zero-order valence-corrected chi connectivity index (χ0v) is 17.1. The number of hydrogen-bond acceptors (Lipinski definition) is 4. The van der Waals surface area contributed by atoms with E-state index in [0.717, 1.165) is 49.8 Å². The number of aryl methyl sites for hydroxylation is 2. The van der Waals surface area contributed by atoms with E-state index in [9.17, 15) is 9.59 Å². The molecule has 30 heavy (non-hydrogen) atoms. The summed E-state index contributed by atoms with van der Waals surface area (Å²) in [5.41, 5.74) is 7.38. The summed E-state index contributed by atoms with van der Waals surface area (Å²) in [6.07, 6.45) is 6.51. The van der Waals surface area contributed by atoms with Crippen molar-refractivity contribution >= 4 is 17.7 Å². The van der Waals surface area contributed by atoms with Crippen molar-refractivity contribution in [3.05, 3.63) is 63.7 Å².